The zero-order valence-corrected chi connectivity index (χ0v) is 15.4. The number of nitrogens with zero attached hydrogens (tertiary/aromatic N) is 2. The number of hydrogen-bond acceptors (Lipinski definition) is 3. The summed E-state index contributed by atoms with van der Waals surface area (Å²) in [6.07, 6.45) is 6.52. The lowest BCUT2D eigenvalue weighted by molar-refractivity contribution is -0.134. The number of hydrogen-bond donors (Lipinski definition) is 0. The number of amides is 2. The van der Waals surface area contributed by atoms with E-state index in [1.54, 1.807) is 0 Å². The second-order valence-corrected chi connectivity index (χ2v) is 7.90. The van der Waals surface area contributed by atoms with Gasteiger partial charge >= 0.3 is 0 Å². The molecule has 5 heteroatoms. The SMILES string of the molecule is O=C(c1ccc(OC[C@H]2CCCN(C(=O)C3CC3)C2)cc1)N1CCCC1. The molecule has 3 fully saturated rings. The van der Waals surface area contributed by atoms with Gasteiger partial charge in [0.2, 0.25) is 5.91 Å². The molecule has 0 spiro atoms. The zero-order valence-electron chi connectivity index (χ0n) is 15.4. The quantitative estimate of drug-likeness (QED) is 0.815. The Morgan fingerprint density at radius 1 is 0.923 bits per heavy atom. The summed E-state index contributed by atoms with van der Waals surface area (Å²) in [5.74, 6) is 1.97. The molecule has 0 radical (unpaired) electrons. The Labute approximate surface area is 155 Å². The summed E-state index contributed by atoms with van der Waals surface area (Å²) >= 11 is 0. The molecule has 1 aromatic carbocycles. The van der Waals surface area contributed by atoms with Crippen LogP contribution in [0, 0.1) is 11.8 Å². The summed E-state index contributed by atoms with van der Waals surface area (Å²) in [4.78, 5) is 28.6. The second-order valence-electron chi connectivity index (χ2n) is 7.90. The Bertz CT molecular complexity index is 648. The van der Waals surface area contributed by atoms with E-state index in [0.717, 1.165) is 76.0 Å². The first-order chi connectivity index (χ1) is 12.7. The number of likely N-dealkylation sites (tertiary alicyclic amines) is 2. The summed E-state index contributed by atoms with van der Waals surface area (Å²) in [7, 11) is 0. The molecular weight excluding hydrogens is 328 g/mol. The van der Waals surface area contributed by atoms with Gasteiger partial charge in [0, 0.05) is 43.6 Å². The highest BCUT2D eigenvalue weighted by atomic mass is 16.5. The Morgan fingerprint density at radius 2 is 1.62 bits per heavy atom. The van der Waals surface area contributed by atoms with Gasteiger partial charge in [-0.05, 0) is 62.8 Å². The van der Waals surface area contributed by atoms with Crippen molar-refractivity contribution in [3.63, 3.8) is 0 Å². The molecule has 0 bridgehead atoms. The molecule has 0 aromatic heterocycles. The van der Waals surface area contributed by atoms with Crippen molar-refractivity contribution in [3.8, 4) is 5.75 Å². The van der Waals surface area contributed by atoms with Crippen LogP contribution >= 0.6 is 0 Å². The zero-order chi connectivity index (χ0) is 17.9. The highest BCUT2D eigenvalue weighted by molar-refractivity contribution is 5.94. The van der Waals surface area contributed by atoms with Crippen molar-refractivity contribution in [1.29, 1.82) is 0 Å². The predicted octanol–water partition coefficient (Wildman–Crippen LogP) is 2.95. The van der Waals surface area contributed by atoms with Crippen LogP contribution in [0.15, 0.2) is 24.3 Å². The predicted molar refractivity (Wildman–Crippen MR) is 99.1 cm³/mol. The monoisotopic (exact) mass is 356 g/mol. The van der Waals surface area contributed by atoms with Crippen LogP contribution in [0.1, 0.15) is 48.9 Å². The fraction of sp³-hybridized carbons (Fsp3) is 0.619. The minimum Gasteiger partial charge on any atom is -0.493 e. The Kier molecular flexibility index (Phi) is 5.14. The number of benzene rings is 1. The summed E-state index contributed by atoms with van der Waals surface area (Å²) in [5, 5.41) is 0. The Morgan fingerprint density at radius 3 is 2.31 bits per heavy atom. The van der Waals surface area contributed by atoms with E-state index in [0.29, 0.717) is 24.3 Å². The van der Waals surface area contributed by atoms with Crippen LogP contribution in [-0.4, -0.2) is 54.4 Å². The minimum absolute atomic E-state index is 0.121. The van der Waals surface area contributed by atoms with Gasteiger partial charge in [0.15, 0.2) is 0 Å². The van der Waals surface area contributed by atoms with E-state index in [9.17, 15) is 9.59 Å². The smallest absolute Gasteiger partial charge is 0.253 e. The largest absolute Gasteiger partial charge is 0.493 e. The van der Waals surface area contributed by atoms with Crippen molar-refractivity contribution in [2.24, 2.45) is 11.8 Å². The average Bonchev–Trinajstić information content (AvgIpc) is 3.40. The van der Waals surface area contributed by atoms with Crippen LogP contribution in [0.5, 0.6) is 5.75 Å². The van der Waals surface area contributed by atoms with Crippen molar-refractivity contribution in [2.75, 3.05) is 32.8 Å². The first-order valence-corrected chi connectivity index (χ1v) is 10.0. The fourth-order valence-electron chi connectivity index (χ4n) is 4.00. The van der Waals surface area contributed by atoms with Gasteiger partial charge in [-0.3, -0.25) is 9.59 Å². The highest BCUT2D eigenvalue weighted by Crippen LogP contribution is 2.32. The lowest BCUT2D eigenvalue weighted by Gasteiger charge is -2.32. The van der Waals surface area contributed by atoms with E-state index < -0.39 is 0 Å². The number of ether oxygens (including phenoxy) is 1. The molecule has 1 aromatic rings. The normalized spacial score (nSPS) is 23.2. The first kappa shape index (κ1) is 17.4. The number of rotatable bonds is 5. The lowest BCUT2D eigenvalue weighted by atomic mass is 9.98. The Balaban J connectivity index is 1.27. The van der Waals surface area contributed by atoms with Crippen molar-refractivity contribution in [1.82, 2.24) is 9.80 Å². The van der Waals surface area contributed by atoms with Crippen LogP contribution in [0.3, 0.4) is 0 Å². The van der Waals surface area contributed by atoms with Crippen LogP contribution in [0.4, 0.5) is 0 Å². The molecule has 2 heterocycles. The van der Waals surface area contributed by atoms with Gasteiger partial charge in [0.05, 0.1) is 6.61 Å². The standard InChI is InChI=1S/C21H28N2O3/c24-20(22-11-1-2-12-22)18-7-9-19(10-8-18)26-15-16-4-3-13-23(14-16)21(25)17-5-6-17/h7-10,16-17H,1-6,11-15H2/t16-/m0/s1. The molecule has 1 saturated carbocycles. The molecular formula is C21H28N2O3. The van der Waals surface area contributed by atoms with Crippen LogP contribution in [-0.2, 0) is 4.79 Å². The maximum absolute atomic E-state index is 12.4. The molecule has 140 valence electrons. The molecule has 1 atom stereocenters. The van der Waals surface area contributed by atoms with Crippen molar-refractivity contribution >= 4 is 11.8 Å². The van der Waals surface area contributed by atoms with Gasteiger partial charge in [0.25, 0.3) is 5.91 Å². The van der Waals surface area contributed by atoms with E-state index >= 15 is 0 Å². The average molecular weight is 356 g/mol. The second kappa shape index (κ2) is 7.68. The molecule has 0 N–H and O–H groups in total. The molecule has 5 nitrogen and oxygen atoms in total. The summed E-state index contributed by atoms with van der Waals surface area (Å²) in [5.41, 5.74) is 0.734. The third-order valence-electron chi connectivity index (χ3n) is 5.74. The van der Waals surface area contributed by atoms with Gasteiger partial charge in [-0.2, -0.15) is 0 Å². The number of piperidine rings is 1. The van der Waals surface area contributed by atoms with Crippen molar-refractivity contribution in [2.45, 2.75) is 38.5 Å². The molecule has 1 aliphatic carbocycles. The van der Waals surface area contributed by atoms with Crippen LogP contribution < -0.4 is 4.74 Å². The van der Waals surface area contributed by atoms with Crippen molar-refractivity contribution in [3.05, 3.63) is 29.8 Å². The summed E-state index contributed by atoms with van der Waals surface area (Å²) in [6, 6.07) is 7.50. The molecule has 2 amide bonds. The first-order valence-electron chi connectivity index (χ1n) is 10.0. The number of carbonyl (C=O) groups excluding carboxylic acids is 2. The topological polar surface area (TPSA) is 49.9 Å². The van der Waals surface area contributed by atoms with Crippen molar-refractivity contribution < 1.29 is 14.3 Å². The van der Waals surface area contributed by atoms with Crippen LogP contribution in [0.2, 0.25) is 0 Å². The van der Waals surface area contributed by atoms with Crippen LogP contribution in [0.25, 0.3) is 0 Å². The molecule has 4 rings (SSSR count). The van der Waals surface area contributed by atoms with E-state index in [-0.39, 0.29) is 5.91 Å². The maximum Gasteiger partial charge on any atom is 0.253 e. The minimum atomic E-state index is 0.121. The third-order valence-corrected chi connectivity index (χ3v) is 5.74. The Hall–Kier alpha value is -2.04. The van der Waals surface area contributed by atoms with E-state index in [2.05, 4.69) is 0 Å². The van der Waals surface area contributed by atoms with E-state index in [1.165, 1.54) is 0 Å². The molecule has 26 heavy (non-hydrogen) atoms. The molecule has 3 aliphatic rings. The summed E-state index contributed by atoms with van der Waals surface area (Å²) < 4.78 is 5.95. The molecule has 2 saturated heterocycles. The molecule has 0 unspecified atom stereocenters. The summed E-state index contributed by atoms with van der Waals surface area (Å²) in [6.45, 7) is 4.09. The van der Waals surface area contributed by atoms with Gasteiger partial charge in [-0.15, -0.1) is 0 Å². The number of carbonyl (C=O) groups is 2. The third kappa shape index (κ3) is 4.02. The highest BCUT2D eigenvalue weighted by Gasteiger charge is 2.35. The van der Waals surface area contributed by atoms with Gasteiger partial charge in [-0.1, -0.05) is 0 Å². The van der Waals surface area contributed by atoms with Gasteiger partial charge in [-0.25, -0.2) is 0 Å². The fourth-order valence-corrected chi connectivity index (χ4v) is 4.00. The van der Waals surface area contributed by atoms with Gasteiger partial charge < -0.3 is 14.5 Å². The van der Waals surface area contributed by atoms with E-state index in [1.807, 2.05) is 34.1 Å². The van der Waals surface area contributed by atoms with Gasteiger partial charge in [0.1, 0.15) is 5.75 Å². The molecule has 2 aliphatic heterocycles. The van der Waals surface area contributed by atoms with E-state index in [4.69, 9.17) is 4.74 Å². The lowest BCUT2D eigenvalue weighted by Crippen LogP contribution is -2.42. The maximum atomic E-state index is 12.4.